The fraction of sp³-hybridized carbons (Fsp3) is 0.846. The van der Waals surface area contributed by atoms with E-state index in [2.05, 4.69) is 48.5 Å². The Kier molecular flexibility index (Phi) is 4.74. The van der Waals surface area contributed by atoms with Crippen LogP contribution in [0.2, 0.25) is 0 Å². The van der Waals surface area contributed by atoms with Crippen LogP contribution in [0.3, 0.4) is 0 Å². The van der Waals surface area contributed by atoms with Gasteiger partial charge in [0.15, 0.2) is 0 Å². The summed E-state index contributed by atoms with van der Waals surface area (Å²) in [7, 11) is 0. The van der Waals surface area contributed by atoms with E-state index in [0.29, 0.717) is 5.41 Å². The molecule has 1 unspecified atom stereocenters. The van der Waals surface area contributed by atoms with Gasteiger partial charge in [-0.2, -0.15) is 0 Å². The van der Waals surface area contributed by atoms with E-state index in [1.165, 1.54) is 18.4 Å². The quantitative estimate of drug-likeness (QED) is 0.548. The zero-order chi connectivity index (χ0) is 10.6. The summed E-state index contributed by atoms with van der Waals surface area (Å²) in [6.07, 6.45) is 2.58. The number of hydrogen-bond donors (Lipinski definition) is 0. The van der Waals surface area contributed by atoms with E-state index in [9.17, 15) is 0 Å². The minimum atomic E-state index is 0.496. The van der Waals surface area contributed by atoms with Crippen molar-refractivity contribution in [2.24, 2.45) is 11.3 Å². The highest BCUT2D eigenvalue weighted by molar-refractivity contribution is 5.10. The largest absolute Gasteiger partial charge is 0.0772 e. The Morgan fingerprint density at radius 2 is 1.62 bits per heavy atom. The molecule has 0 saturated carbocycles. The minimum absolute atomic E-state index is 0.496. The lowest BCUT2D eigenvalue weighted by atomic mass is 9.78. The van der Waals surface area contributed by atoms with E-state index >= 15 is 0 Å². The Labute approximate surface area is 84.4 Å². The summed E-state index contributed by atoms with van der Waals surface area (Å²) in [6, 6.07) is 0. The normalized spacial score (nSPS) is 14.1. The van der Waals surface area contributed by atoms with Crippen molar-refractivity contribution in [1.82, 2.24) is 0 Å². The molecule has 0 aromatic rings. The molecule has 0 nitrogen and oxygen atoms in total. The second kappa shape index (κ2) is 4.83. The predicted molar refractivity (Wildman–Crippen MR) is 61.9 cm³/mol. The van der Waals surface area contributed by atoms with Crippen molar-refractivity contribution in [3.63, 3.8) is 0 Å². The number of rotatable bonds is 4. The molecule has 13 heavy (non-hydrogen) atoms. The molecule has 0 bridgehead atoms. The third-order valence-electron chi connectivity index (χ3n) is 3.34. The molecule has 0 aliphatic carbocycles. The van der Waals surface area contributed by atoms with Crippen LogP contribution < -0.4 is 0 Å². The van der Waals surface area contributed by atoms with Crippen molar-refractivity contribution in [2.45, 2.75) is 61.3 Å². The SMILES string of the molecule is CCC(C)(C)CC(C)C(C)=C(C)C. The van der Waals surface area contributed by atoms with Gasteiger partial charge < -0.3 is 0 Å². The summed E-state index contributed by atoms with van der Waals surface area (Å²) >= 11 is 0. The lowest BCUT2D eigenvalue weighted by Gasteiger charge is -2.27. The molecule has 0 heteroatoms. The molecule has 0 spiro atoms. The minimum Gasteiger partial charge on any atom is -0.0772 e. The Morgan fingerprint density at radius 3 is 1.92 bits per heavy atom. The van der Waals surface area contributed by atoms with Crippen LogP contribution in [-0.4, -0.2) is 0 Å². The lowest BCUT2D eigenvalue weighted by molar-refractivity contribution is 0.283. The number of allylic oxidation sites excluding steroid dienone is 2. The summed E-state index contributed by atoms with van der Waals surface area (Å²) in [5.74, 6) is 0.736. The van der Waals surface area contributed by atoms with Crippen molar-refractivity contribution < 1.29 is 0 Å². The molecular weight excluding hydrogens is 156 g/mol. The maximum Gasteiger partial charge on any atom is -0.0227 e. The van der Waals surface area contributed by atoms with E-state index in [1.54, 1.807) is 5.57 Å². The summed E-state index contributed by atoms with van der Waals surface area (Å²) in [5, 5.41) is 0. The van der Waals surface area contributed by atoms with Crippen LogP contribution in [0.1, 0.15) is 61.3 Å². The van der Waals surface area contributed by atoms with Crippen molar-refractivity contribution in [2.75, 3.05) is 0 Å². The van der Waals surface area contributed by atoms with Crippen LogP contribution in [-0.2, 0) is 0 Å². The summed E-state index contributed by atoms with van der Waals surface area (Å²) in [6.45, 7) is 16.1. The smallest absolute Gasteiger partial charge is 0.0227 e. The highest BCUT2D eigenvalue weighted by Crippen LogP contribution is 2.32. The fourth-order valence-electron chi connectivity index (χ4n) is 1.62. The summed E-state index contributed by atoms with van der Waals surface area (Å²) in [4.78, 5) is 0. The Hall–Kier alpha value is -0.260. The lowest BCUT2D eigenvalue weighted by Crippen LogP contribution is -2.15. The predicted octanol–water partition coefficient (Wildman–Crippen LogP) is 4.81. The maximum atomic E-state index is 2.36. The molecule has 0 saturated heterocycles. The van der Waals surface area contributed by atoms with Gasteiger partial charge in [0.2, 0.25) is 0 Å². The van der Waals surface area contributed by atoms with Gasteiger partial charge in [-0.15, -0.1) is 0 Å². The monoisotopic (exact) mass is 182 g/mol. The average molecular weight is 182 g/mol. The summed E-state index contributed by atoms with van der Waals surface area (Å²) in [5.41, 5.74) is 3.55. The van der Waals surface area contributed by atoms with Gasteiger partial charge in [0.05, 0.1) is 0 Å². The Morgan fingerprint density at radius 1 is 1.15 bits per heavy atom. The van der Waals surface area contributed by atoms with Gasteiger partial charge in [0.25, 0.3) is 0 Å². The van der Waals surface area contributed by atoms with Crippen LogP contribution >= 0.6 is 0 Å². The molecule has 0 aliphatic rings. The first-order chi connectivity index (χ1) is 5.80. The van der Waals surface area contributed by atoms with E-state index in [-0.39, 0.29) is 0 Å². The number of hydrogen-bond acceptors (Lipinski definition) is 0. The summed E-state index contributed by atoms with van der Waals surface area (Å²) < 4.78 is 0. The van der Waals surface area contributed by atoms with E-state index in [4.69, 9.17) is 0 Å². The molecule has 0 aromatic heterocycles. The second-order valence-electron chi connectivity index (χ2n) is 5.31. The molecule has 0 aromatic carbocycles. The van der Waals surface area contributed by atoms with Crippen molar-refractivity contribution in [3.05, 3.63) is 11.1 Å². The molecule has 0 rings (SSSR count). The third-order valence-corrected chi connectivity index (χ3v) is 3.34. The van der Waals surface area contributed by atoms with Crippen molar-refractivity contribution in [1.29, 1.82) is 0 Å². The van der Waals surface area contributed by atoms with E-state index < -0.39 is 0 Å². The van der Waals surface area contributed by atoms with E-state index in [0.717, 1.165) is 5.92 Å². The fourth-order valence-corrected chi connectivity index (χ4v) is 1.62. The molecule has 0 amide bonds. The van der Waals surface area contributed by atoms with Gasteiger partial charge in [0.1, 0.15) is 0 Å². The topological polar surface area (TPSA) is 0 Å². The first-order valence-corrected chi connectivity index (χ1v) is 5.44. The van der Waals surface area contributed by atoms with Gasteiger partial charge in [0, 0.05) is 0 Å². The van der Waals surface area contributed by atoms with Crippen LogP contribution in [0.5, 0.6) is 0 Å². The second-order valence-corrected chi connectivity index (χ2v) is 5.31. The average Bonchev–Trinajstić information content (AvgIpc) is 2.02. The molecular formula is C13H26. The highest BCUT2D eigenvalue weighted by Gasteiger charge is 2.19. The molecule has 0 fully saturated rings. The zero-order valence-electron chi connectivity index (χ0n) is 10.5. The first kappa shape index (κ1) is 12.7. The first-order valence-electron chi connectivity index (χ1n) is 5.44. The van der Waals surface area contributed by atoms with Gasteiger partial charge in [-0.05, 0) is 38.5 Å². The van der Waals surface area contributed by atoms with Gasteiger partial charge in [-0.1, -0.05) is 45.3 Å². The highest BCUT2D eigenvalue weighted by atomic mass is 14.2. The molecule has 0 radical (unpaired) electrons. The Balaban J connectivity index is 4.32. The van der Waals surface area contributed by atoms with Crippen LogP contribution in [0, 0.1) is 11.3 Å². The van der Waals surface area contributed by atoms with Crippen LogP contribution in [0.25, 0.3) is 0 Å². The zero-order valence-corrected chi connectivity index (χ0v) is 10.5. The van der Waals surface area contributed by atoms with Crippen molar-refractivity contribution >= 4 is 0 Å². The van der Waals surface area contributed by atoms with Gasteiger partial charge in [-0.3, -0.25) is 0 Å². The third kappa shape index (κ3) is 4.50. The molecule has 0 heterocycles. The molecule has 1 atom stereocenters. The Bertz CT molecular complexity index is 180. The molecule has 0 N–H and O–H groups in total. The van der Waals surface area contributed by atoms with E-state index in [1.807, 2.05) is 0 Å². The van der Waals surface area contributed by atoms with Gasteiger partial charge in [-0.25, -0.2) is 0 Å². The van der Waals surface area contributed by atoms with Crippen molar-refractivity contribution in [3.8, 4) is 0 Å². The molecule has 78 valence electrons. The molecule has 0 aliphatic heterocycles. The van der Waals surface area contributed by atoms with Crippen LogP contribution in [0.4, 0.5) is 0 Å². The van der Waals surface area contributed by atoms with Crippen LogP contribution in [0.15, 0.2) is 11.1 Å². The maximum absolute atomic E-state index is 2.36. The van der Waals surface area contributed by atoms with Gasteiger partial charge >= 0.3 is 0 Å². The standard InChI is InChI=1S/C13H26/c1-8-13(6,7)9-11(4)12(5)10(2)3/h11H,8-9H2,1-7H3.